The van der Waals surface area contributed by atoms with Gasteiger partial charge in [0.1, 0.15) is 5.75 Å². The number of hydrogen-bond acceptors (Lipinski definition) is 3. The Morgan fingerprint density at radius 3 is 2.19 bits per heavy atom. The maximum absolute atomic E-state index is 12.4. The highest BCUT2D eigenvalue weighted by molar-refractivity contribution is 5.94. The number of hydrogen-bond donors (Lipinski definition) is 1. The first kappa shape index (κ1) is 17.0. The first-order chi connectivity index (χ1) is 9.72. The Bertz CT molecular complexity index is 514. The molecule has 1 rings (SSSR count). The molecule has 5 heteroatoms. The van der Waals surface area contributed by atoms with Crippen molar-refractivity contribution in [3.8, 4) is 5.75 Å². The Balaban J connectivity index is 2.97. The van der Waals surface area contributed by atoms with E-state index in [0.717, 1.165) is 11.1 Å². The third-order valence-corrected chi connectivity index (χ3v) is 3.03. The number of nitrogens with zero attached hydrogens (tertiary/aromatic N) is 1. The van der Waals surface area contributed by atoms with Gasteiger partial charge in [-0.3, -0.25) is 4.79 Å². The molecule has 0 spiro atoms. The Hall–Kier alpha value is -2.04. The third kappa shape index (κ3) is 4.77. The van der Waals surface area contributed by atoms with Crippen molar-refractivity contribution in [3.05, 3.63) is 28.8 Å². The fourth-order valence-electron chi connectivity index (χ4n) is 2.29. The topological polar surface area (TPSA) is 66.8 Å². The second-order valence-corrected chi connectivity index (χ2v) is 5.70. The van der Waals surface area contributed by atoms with Crippen LogP contribution in [0.1, 0.15) is 35.3 Å². The van der Waals surface area contributed by atoms with Crippen LogP contribution in [-0.4, -0.2) is 42.1 Å². The summed E-state index contributed by atoms with van der Waals surface area (Å²) < 4.78 is 5.26. The first-order valence-electron chi connectivity index (χ1n) is 6.93. The molecule has 0 unspecified atom stereocenters. The number of aryl methyl sites for hydroxylation is 2. The number of rotatable bonds is 6. The van der Waals surface area contributed by atoms with Gasteiger partial charge < -0.3 is 14.7 Å². The highest BCUT2D eigenvalue weighted by Crippen LogP contribution is 2.25. The zero-order valence-electron chi connectivity index (χ0n) is 13.3. The predicted octanol–water partition coefficient (Wildman–Crippen LogP) is 2.49. The molecule has 1 aromatic carbocycles. The molecule has 21 heavy (non-hydrogen) atoms. The molecule has 116 valence electrons. The van der Waals surface area contributed by atoms with E-state index in [2.05, 4.69) is 13.8 Å². The van der Waals surface area contributed by atoms with Crippen LogP contribution >= 0.6 is 0 Å². The third-order valence-electron chi connectivity index (χ3n) is 3.03. The summed E-state index contributed by atoms with van der Waals surface area (Å²) in [5.74, 6) is -0.134. The minimum atomic E-state index is -1.02. The summed E-state index contributed by atoms with van der Waals surface area (Å²) >= 11 is 0. The number of carboxylic acid groups (broad SMARTS) is 1. The van der Waals surface area contributed by atoms with Gasteiger partial charge in [0.05, 0.1) is 0 Å². The summed E-state index contributed by atoms with van der Waals surface area (Å²) in [4.78, 5) is 24.6. The summed E-state index contributed by atoms with van der Waals surface area (Å²) in [7, 11) is 1.78. The maximum atomic E-state index is 12.4. The van der Waals surface area contributed by atoms with Crippen molar-refractivity contribution in [3.63, 3.8) is 0 Å². The van der Waals surface area contributed by atoms with Gasteiger partial charge in [-0.2, -0.15) is 0 Å². The van der Waals surface area contributed by atoms with Crippen LogP contribution in [0.4, 0.5) is 0 Å². The minimum Gasteiger partial charge on any atom is -0.481 e. The fourth-order valence-corrected chi connectivity index (χ4v) is 2.29. The van der Waals surface area contributed by atoms with Crippen molar-refractivity contribution < 1.29 is 19.4 Å². The van der Waals surface area contributed by atoms with Crippen LogP contribution in [0.25, 0.3) is 0 Å². The normalized spacial score (nSPS) is 10.6. The lowest BCUT2D eigenvalue weighted by molar-refractivity contribution is -0.139. The van der Waals surface area contributed by atoms with Gasteiger partial charge in [0, 0.05) is 19.2 Å². The lowest BCUT2D eigenvalue weighted by Gasteiger charge is -2.20. The number of carboxylic acids is 1. The molecule has 1 aromatic rings. The highest BCUT2D eigenvalue weighted by atomic mass is 16.5. The van der Waals surface area contributed by atoms with Crippen LogP contribution in [-0.2, 0) is 4.79 Å². The Morgan fingerprint density at radius 1 is 1.24 bits per heavy atom. The van der Waals surface area contributed by atoms with E-state index < -0.39 is 5.97 Å². The second kappa shape index (κ2) is 7.11. The highest BCUT2D eigenvalue weighted by Gasteiger charge is 2.16. The zero-order chi connectivity index (χ0) is 16.2. The van der Waals surface area contributed by atoms with E-state index in [4.69, 9.17) is 9.84 Å². The molecule has 0 fully saturated rings. The number of ether oxygens (including phenoxy) is 1. The standard InChI is InChI=1S/C16H23NO4/c1-10(2)8-17(5)16(20)13-6-11(3)15(12(4)7-13)21-9-14(18)19/h6-7,10H,8-9H2,1-5H3,(H,18,19). The van der Waals surface area contributed by atoms with Crippen molar-refractivity contribution in [1.29, 1.82) is 0 Å². The zero-order valence-corrected chi connectivity index (χ0v) is 13.3. The van der Waals surface area contributed by atoms with Gasteiger partial charge >= 0.3 is 5.97 Å². The molecular weight excluding hydrogens is 270 g/mol. The Morgan fingerprint density at radius 2 is 1.76 bits per heavy atom. The molecule has 0 saturated heterocycles. The molecular formula is C16H23NO4. The van der Waals surface area contributed by atoms with Crippen molar-refractivity contribution in [1.82, 2.24) is 4.90 Å². The number of carbonyl (C=O) groups excluding carboxylic acids is 1. The van der Waals surface area contributed by atoms with Crippen LogP contribution in [0, 0.1) is 19.8 Å². The first-order valence-corrected chi connectivity index (χ1v) is 6.93. The molecule has 5 nitrogen and oxygen atoms in total. The molecule has 0 aliphatic rings. The number of carbonyl (C=O) groups is 2. The molecule has 0 saturated carbocycles. The summed E-state index contributed by atoms with van der Waals surface area (Å²) in [6.45, 7) is 8.04. The molecule has 1 amide bonds. The number of aliphatic carboxylic acids is 1. The van der Waals surface area contributed by atoms with Gasteiger partial charge in [0.2, 0.25) is 0 Å². The van der Waals surface area contributed by atoms with Crippen LogP contribution < -0.4 is 4.74 Å². The summed E-state index contributed by atoms with van der Waals surface area (Å²) in [6.07, 6.45) is 0. The van der Waals surface area contributed by atoms with Gasteiger partial charge in [-0.15, -0.1) is 0 Å². The summed E-state index contributed by atoms with van der Waals surface area (Å²) in [5, 5.41) is 8.67. The lowest BCUT2D eigenvalue weighted by atomic mass is 10.0. The van der Waals surface area contributed by atoms with Crippen LogP contribution in [0.3, 0.4) is 0 Å². The Labute approximate surface area is 125 Å². The molecule has 0 bridgehead atoms. The SMILES string of the molecule is Cc1cc(C(=O)N(C)CC(C)C)cc(C)c1OCC(=O)O. The number of amides is 1. The minimum absolute atomic E-state index is 0.0420. The van der Waals surface area contributed by atoms with Gasteiger partial charge in [0.15, 0.2) is 6.61 Å². The van der Waals surface area contributed by atoms with Crippen LogP contribution in [0.2, 0.25) is 0 Å². The van der Waals surface area contributed by atoms with E-state index in [-0.39, 0.29) is 12.5 Å². The van der Waals surface area contributed by atoms with Gasteiger partial charge in [-0.1, -0.05) is 13.8 Å². The van der Waals surface area contributed by atoms with E-state index in [1.165, 1.54) is 0 Å². The molecule has 0 aromatic heterocycles. The van der Waals surface area contributed by atoms with E-state index in [9.17, 15) is 9.59 Å². The average molecular weight is 293 g/mol. The van der Waals surface area contributed by atoms with Crippen molar-refractivity contribution >= 4 is 11.9 Å². The van der Waals surface area contributed by atoms with E-state index >= 15 is 0 Å². The van der Waals surface area contributed by atoms with Gasteiger partial charge in [0.25, 0.3) is 5.91 Å². The van der Waals surface area contributed by atoms with Gasteiger partial charge in [-0.05, 0) is 43.0 Å². The Kier molecular flexibility index (Phi) is 5.76. The summed E-state index contributed by atoms with van der Waals surface area (Å²) in [6, 6.07) is 3.48. The molecule has 0 aliphatic heterocycles. The van der Waals surface area contributed by atoms with Crippen LogP contribution in [0.5, 0.6) is 5.75 Å². The maximum Gasteiger partial charge on any atom is 0.341 e. The molecule has 0 aliphatic carbocycles. The largest absolute Gasteiger partial charge is 0.481 e. The average Bonchev–Trinajstić information content (AvgIpc) is 2.35. The van der Waals surface area contributed by atoms with Crippen LogP contribution in [0.15, 0.2) is 12.1 Å². The van der Waals surface area contributed by atoms with E-state index in [1.807, 2.05) is 13.8 Å². The smallest absolute Gasteiger partial charge is 0.341 e. The molecule has 0 radical (unpaired) electrons. The fraction of sp³-hybridized carbons (Fsp3) is 0.500. The molecule has 0 heterocycles. The quantitative estimate of drug-likeness (QED) is 0.875. The van der Waals surface area contributed by atoms with Crippen molar-refractivity contribution in [2.24, 2.45) is 5.92 Å². The van der Waals surface area contributed by atoms with Crippen molar-refractivity contribution in [2.75, 3.05) is 20.2 Å². The monoisotopic (exact) mass is 293 g/mol. The van der Waals surface area contributed by atoms with Gasteiger partial charge in [-0.25, -0.2) is 4.79 Å². The lowest BCUT2D eigenvalue weighted by Crippen LogP contribution is -2.30. The predicted molar refractivity (Wildman–Crippen MR) is 80.8 cm³/mol. The number of benzene rings is 1. The van der Waals surface area contributed by atoms with E-state index in [0.29, 0.717) is 23.8 Å². The second-order valence-electron chi connectivity index (χ2n) is 5.70. The molecule has 0 atom stereocenters. The van der Waals surface area contributed by atoms with Crippen molar-refractivity contribution in [2.45, 2.75) is 27.7 Å². The molecule has 1 N–H and O–H groups in total. The summed E-state index contributed by atoms with van der Waals surface area (Å²) in [5.41, 5.74) is 2.12. The van der Waals surface area contributed by atoms with E-state index in [1.54, 1.807) is 24.1 Å².